The zero-order valence-electron chi connectivity index (χ0n) is 10.4. The Morgan fingerprint density at radius 3 is 2.00 bits per heavy atom. The minimum atomic E-state index is -0.604. The first-order chi connectivity index (χ1) is 10.0. The highest BCUT2D eigenvalue weighted by molar-refractivity contribution is 5.67. The van der Waals surface area contributed by atoms with Crippen LogP contribution in [0.15, 0.2) is 40.9 Å². The maximum atomic E-state index is 12.9. The molecular weight excluding hydrogens is 282 g/mol. The third-order valence-electron chi connectivity index (χ3n) is 2.82. The van der Waals surface area contributed by atoms with Crippen molar-refractivity contribution < 1.29 is 23.5 Å². The van der Waals surface area contributed by atoms with Gasteiger partial charge in [0.05, 0.1) is 11.1 Å². The summed E-state index contributed by atoms with van der Waals surface area (Å²) in [6.45, 7) is 0. The van der Waals surface area contributed by atoms with Crippen LogP contribution in [0.5, 0.6) is 11.5 Å². The number of nitrogens with zero attached hydrogens (tertiary/aromatic N) is 2. The fraction of sp³-hybridized carbons (Fsp3) is 0. The van der Waals surface area contributed by atoms with E-state index in [4.69, 9.17) is 4.52 Å². The van der Waals surface area contributed by atoms with E-state index in [0.717, 1.165) is 24.3 Å². The van der Waals surface area contributed by atoms with E-state index < -0.39 is 11.6 Å². The quantitative estimate of drug-likeness (QED) is 0.758. The molecule has 5 nitrogen and oxygen atoms in total. The minimum absolute atomic E-state index is 0.0197. The summed E-state index contributed by atoms with van der Waals surface area (Å²) in [6.07, 6.45) is 0. The van der Waals surface area contributed by atoms with Gasteiger partial charge in [0.2, 0.25) is 5.82 Å². The lowest BCUT2D eigenvalue weighted by molar-refractivity contribution is 0.423. The SMILES string of the molecule is Oc1cc(F)ccc1-c1noc(-c2ccc(F)cc2O)n1. The molecule has 21 heavy (non-hydrogen) atoms. The number of aromatic nitrogens is 2. The first-order valence-corrected chi connectivity index (χ1v) is 5.86. The Kier molecular flexibility index (Phi) is 3.02. The van der Waals surface area contributed by atoms with E-state index in [9.17, 15) is 19.0 Å². The zero-order valence-corrected chi connectivity index (χ0v) is 10.4. The van der Waals surface area contributed by atoms with Crippen molar-refractivity contribution in [2.75, 3.05) is 0 Å². The molecular formula is C14H8F2N2O3. The van der Waals surface area contributed by atoms with Gasteiger partial charge in [0.25, 0.3) is 5.89 Å². The fourth-order valence-electron chi connectivity index (χ4n) is 1.82. The predicted octanol–water partition coefficient (Wildman–Crippen LogP) is 3.09. The van der Waals surface area contributed by atoms with Crippen molar-refractivity contribution in [1.29, 1.82) is 0 Å². The molecule has 0 spiro atoms. The van der Waals surface area contributed by atoms with Gasteiger partial charge >= 0.3 is 0 Å². The summed E-state index contributed by atoms with van der Waals surface area (Å²) in [6, 6.07) is 6.68. The molecule has 0 saturated heterocycles. The third-order valence-corrected chi connectivity index (χ3v) is 2.82. The molecule has 3 aromatic rings. The summed E-state index contributed by atoms with van der Waals surface area (Å²) in [5.74, 6) is -1.93. The van der Waals surface area contributed by atoms with Crippen molar-refractivity contribution in [2.45, 2.75) is 0 Å². The van der Waals surface area contributed by atoms with Gasteiger partial charge in [0.1, 0.15) is 23.1 Å². The lowest BCUT2D eigenvalue weighted by Gasteiger charge is -1.99. The number of halogens is 2. The van der Waals surface area contributed by atoms with Gasteiger partial charge in [-0.15, -0.1) is 0 Å². The molecule has 0 aliphatic carbocycles. The summed E-state index contributed by atoms with van der Waals surface area (Å²) in [5.41, 5.74) is 0.324. The van der Waals surface area contributed by atoms with E-state index in [1.807, 2.05) is 0 Å². The summed E-state index contributed by atoms with van der Waals surface area (Å²) in [4.78, 5) is 3.99. The molecule has 106 valence electrons. The highest BCUT2D eigenvalue weighted by Crippen LogP contribution is 2.32. The van der Waals surface area contributed by atoms with Gasteiger partial charge in [-0.1, -0.05) is 5.16 Å². The van der Waals surface area contributed by atoms with Crippen molar-refractivity contribution >= 4 is 0 Å². The van der Waals surface area contributed by atoms with Crippen LogP contribution in [0, 0.1) is 11.6 Å². The second kappa shape index (κ2) is 4.86. The van der Waals surface area contributed by atoms with E-state index in [0.29, 0.717) is 0 Å². The zero-order chi connectivity index (χ0) is 15.0. The lowest BCUT2D eigenvalue weighted by Crippen LogP contribution is -1.84. The Morgan fingerprint density at radius 2 is 1.43 bits per heavy atom. The molecule has 0 amide bonds. The van der Waals surface area contributed by atoms with Crippen LogP contribution in [0.25, 0.3) is 22.8 Å². The summed E-state index contributed by atoms with van der Waals surface area (Å²) >= 11 is 0. The Bertz CT molecular complexity index is 752. The van der Waals surface area contributed by atoms with Crippen molar-refractivity contribution in [2.24, 2.45) is 0 Å². The van der Waals surface area contributed by atoms with E-state index in [-0.39, 0.29) is 34.3 Å². The van der Waals surface area contributed by atoms with Crippen molar-refractivity contribution in [3.05, 3.63) is 48.0 Å². The molecule has 2 aromatic carbocycles. The number of benzene rings is 2. The molecule has 0 saturated carbocycles. The second-order valence-corrected chi connectivity index (χ2v) is 4.25. The molecule has 3 rings (SSSR count). The molecule has 0 unspecified atom stereocenters. The normalized spacial score (nSPS) is 10.8. The number of hydrogen-bond acceptors (Lipinski definition) is 5. The van der Waals surface area contributed by atoms with Gasteiger partial charge in [-0.2, -0.15) is 4.98 Å². The Morgan fingerprint density at radius 1 is 0.857 bits per heavy atom. The smallest absolute Gasteiger partial charge is 0.262 e. The molecule has 0 atom stereocenters. The second-order valence-electron chi connectivity index (χ2n) is 4.25. The minimum Gasteiger partial charge on any atom is -0.507 e. The number of hydrogen-bond donors (Lipinski definition) is 2. The predicted molar refractivity (Wildman–Crippen MR) is 68.4 cm³/mol. The number of rotatable bonds is 2. The Hall–Kier alpha value is -2.96. The number of aromatic hydroxyl groups is 2. The van der Waals surface area contributed by atoms with Crippen LogP contribution in [0.1, 0.15) is 0 Å². The van der Waals surface area contributed by atoms with Crippen LogP contribution in [-0.2, 0) is 0 Å². The van der Waals surface area contributed by atoms with Gasteiger partial charge in [0.15, 0.2) is 0 Å². The molecule has 1 aromatic heterocycles. The van der Waals surface area contributed by atoms with Crippen molar-refractivity contribution in [3.63, 3.8) is 0 Å². The van der Waals surface area contributed by atoms with Crippen molar-refractivity contribution in [1.82, 2.24) is 10.1 Å². The van der Waals surface area contributed by atoms with Gasteiger partial charge in [-0.05, 0) is 24.3 Å². The highest BCUT2D eigenvalue weighted by Gasteiger charge is 2.16. The molecule has 0 radical (unpaired) electrons. The third kappa shape index (κ3) is 2.40. The van der Waals surface area contributed by atoms with E-state index in [2.05, 4.69) is 10.1 Å². The van der Waals surface area contributed by atoms with Crippen LogP contribution in [0.2, 0.25) is 0 Å². The molecule has 0 fully saturated rings. The average molecular weight is 290 g/mol. The molecule has 1 heterocycles. The summed E-state index contributed by atoms with van der Waals surface area (Å²) in [5, 5.41) is 22.9. The standard InChI is InChI=1S/C14H8F2N2O3/c15-7-1-3-9(11(19)5-7)13-17-14(21-18-13)10-4-2-8(16)6-12(10)20/h1-6,19-20H. The molecule has 0 bridgehead atoms. The topological polar surface area (TPSA) is 79.4 Å². The molecule has 0 aliphatic heterocycles. The maximum absolute atomic E-state index is 12.9. The maximum Gasteiger partial charge on any atom is 0.262 e. The lowest BCUT2D eigenvalue weighted by atomic mass is 10.1. The first kappa shape index (κ1) is 13.0. The molecule has 0 aliphatic rings. The van der Waals surface area contributed by atoms with Gasteiger partial charge in [-0.25, -0.2) is 8.78 Å². The highest BCUT2D eigenvalue weighted by atomic mass is 19.1. The average Bonchev–Trinajstić information content (AvgIpc) is 2.87. The van der Waals surface area contributed by atoms with Crippen LogP contribution >= 0.6 is 0 Å². The van der Waals surface area contributed by atoms with Crippen molar-refractivity contribution in [3.8, 4) is 34.3 Å². The first-order valence-electron chi connectivity index (χ1n) is 5.86. The number of phenolic OH excluding ortho intramolecular Hbond substituents is 2. The van der Waals surface area contributed by atoms with Crippen LogP contribution < -0.4 is 0 Å². The van der Waals surface area contributed by atoms with Crippen LogP contribution in [0.4, 0.5) is 8.78 Å². The summed E-state index contributed by atoms with van der Waals surface area (Å²) < 4.78 is 30.8. The van der Waals surface area contributed by atoms with E-state index in [1.165, 1.54) is 12.1 Å². The largest absolute Gasteiger partial charge is 0.507 e. The Labute approximate surface area is 117 Å². The monoisotopic (exact) mass is 290 g/mol. The van der Waals surface area contributed by atoms with E-state index >= 15 is 0 Å². The Balaban J connectivity index is 2.03. The van der Waals surface area contributed by atoms with Crippen LogP contribution in [-0.4, -0.2) is 20.4 Å². The molecule has 7 heteroatoms. The number of phenols is 2. The van der Waals surface area contributed by atoms with Gasteiger partial charge < -0.3 is 14.7 Å². The van der Waals surface area contributed by atoms with Crippen LogP contribution in [0.3, 0.4) is 0 Å². The summed E-state index contributed by atoms with van der Waals surface area (Å²) in [7, 11) is 0. The van der Waals surface area contributed by atoms with Gasteiger partial charge in [-0.3, -0.25) is 0 Å². The fourth-order valence-corrected chi connectivity index (χ4v) is 1.82. The van der Waals surface area contributed by atoms with E-state index in [1.54, 1.807) is 0 Å². The molecule has 2 N–H and O–H groups in total. The van der Waals surface area contributed by atoms with Gasteiger partial charge in [0, 0.05) is 12.1 Å².